The third kappa shape index (κ3) is 3.19. The SMILES string of the molecule is CCC1(C)CC(NCc2ccccc2)(C(=O)O)CCO1. The van der Waals surface area contributed by atoms with E-state index in [1.54, 1.807) is 0 Å². The molecule has 0 aliphatic carbocycles. The molecule has 1 aromatic carbocycles. The molecule has 0 aromatic heterocycles. The van der Waals surface area contributed by atoms with Gasteiger partial charge in [0, 0.05) is 19.6 Å². The number of hydrogen-bond donors (Lipinski definition) is 2. The summed E-state index contributed by atoms with van der Waals surface area (Å²) in [5, 5.41) is 12.9. The first-order valence-corrected chi connectivity index (χ1v) is 7.16. The summed E-state index contributed by atoms with van der Waals surface area (Å²) in [6.45, 7) is 5.08. The third-order valence-electron chi connectivity index (χ3n) is 4.29. The second-order valence-corrected chi connectivity index (χ2v) is 5.81. The van der Waals surface area contributed by atoms with Crippen LogP contribution in [0, 0.1) is 0 Å². The van der Waals surface area contributed by atoms with Crippen molar-refractivity contribution in [1.82, 2.24) is 5.32 Å². The fraction of sp³-hybridized carbons (Fsp3) is 0.562. The minimum atomic E-state index is -0.890. The number of carbonyl (C=O) groups is 1. The maximum Gasteiger partial charge on any atom is 0.324 e. The predicted octanol–water partition coefficient (Wildman–Crippen LogP) is 2.58. The van der Waals surface area contributed by atoms with E-state index in [1.165, 1.54) is 0 Å². The van der Waals surface area contributed by atoms with Gasteiger partial charge in [0.1, 0.15) is 5.54 Å². The molecule has 4 heteroatoms. The number of carboxylic acids is 1. The summed E-state index contributed by atoms with van der Waals surface area (Å²) in [7, 11) is 0. The van der Waals surface area contributed by atoms with Crippen LogP contribution in [-0.4, -0.2) is 28.8 Å². The van der Waals surface area contributed by atoms with E-state index in [2.05, 4.69) is 5.32 Å². The van der Waals surface area contributed by atoms with E-state index in [0.717, 1.165) is 12.0 Å². The summed E-state index contributed by atoms with van der Waals surface area (Å²) >= 11 is 0. The molecule has 20 heavy (non-hydrogen) atoms. The summed E-state index contributed by atoms with van der Waals surface area (Å²) in [5.41, 5.74) is -0.156. The molecule has 1 fully saturated rings. The van der Waals surface area contributed by atoms with Crippen molar-refractivity contribution in [3.63, 3.8) is 0 Å². The van der Waals surface area contributed by atoms with Crippen LogP contribution in [-0.2, 0) is 16.1 Å². The van der Waals surface area contributed by atoms with Crippen molar-refractivity contribution in [3.05, 3.63) is 35.9 Å². The Labute approximate surface area is 120 Å². The number of carboxylic acid groups (broad SMARTS) is 1. The van der Waals surface area contributed by atoms with Gasteiger partial charge in [-0.3, -0.25) is 10.1 Å². The van der Waals surface area contributed by atoms with Crippen LogP contribution in [0.3, 0.4) is 0 Å². The molecular formula is C16H23NO3. The highest BCUT2D eigenvalue weighted by Gasteiger charge is 2.47. The molecule has 1 aliphatic rings. The summed E-state index contributed by atoms with van der Waals surface area (Å²) in [4.78, 5) is 11.8. The van der Waals surface area contributed by atoms with E-state index in [4.69, 9.17) is 4.74 Å². The monoisotopic (exact) mass is 277 g/mol. The average molecular weight is 277 g/mol. The number of rotatable bonds is 5. The van der Waals surface area contributed by atoms with Gasteiger partial charge in [-0.15, -0.1) is 0 Å². The smallest absolute Gasteiger partial charge is 0.324 e. The van der Waals surface area contributed by atoms with Gasteiger partial charge in [-0.1, -0.05) is 37.3 Å². The zero-order valence-electron chi connectivity index (χ0n) is 12.2. The van der Waals surface area contributed by atoms with E-state index >= 15 is 0 Å². The van der Waals surface area contributed by atoms with Gasteiger partial charge in [0.2, 0.25) is 0 Å². The molecule has 1 aromatic rings. The van der Waals surface area contributed by atoms with Gasteiger partial charge in [0.25, 0.3) is 0 Å². The Kier molecular flexibility index (Phi) is 4.45. The van der Waals surface area contributed by atoms with Gasteiger partial charge in [0.15, 0.2) is 0 Å². The molecule has 2 N–H and O–H groups in total. The van der Waals surface area contributed by atoms with Gasteiger partial charge in [-0.05, 0) is 25.3 Å². The Bertz CT molecular complexity index is 462. The van der Waals surface area contributed by atoms with Gasteiger partial charge in [0.05, 0.1) is 5.60 Å². The predicted molar refractivity (Wildman–Crippen MR) is 77.5 cm³/mol. The number of nitrogens with one attached hydrogen (secondary N) is 1. The van der Waals surface area contributed by atoms with Crippen LogP contribution in [0.4, 0.5) is 0 Å². The standard InChI is InChI=1S/C16H23NO3/c1-3-15(2)12-16(14(18)19,9-10-20-15)17-11-13-7-5-4-6-8-13/h4-8,17H,3,9-12H2,1-2H3,(H,18,19). The minimum Gasteiger partial charge on any atom is -0.480 e. The van der Waals surface area contributed by atoms with Gasteiger partial charge in [-0.25, -0.2) is 0 Å². The maximum absolute atomic E-state index is 11.8. The lowest BCUT2D eigenvalue weighted by molar-refractivity contribution is -0.160. The second kappa shape index (κ2) is 5.94. The molecule has 0 saturated carbocycles. The maximum atomic E-state index is 11.8. The fourth-order valence-corrected chi connectivity index (χ4v) is 2.75. The lowest BCUT2D eigenvalue weighted by atomic mass is 9.79. The lowest BCUT2D eigenvalue weighted by Crippen LogP contribution is -2.59. The molecule has 0 radical (unpaired) electrons. The molecule has 110 valence electrons. The van der Waals surface area contributed by atoms with Crippen LogP contribution < -0.4 is 5.32 Å². The first-order valence-electron chi connectivity index (χ1n) is 7.16. The molecule has 0 bridgehead atoms. The summed E-state index contributed by atoms with van der Waals surface area (Å²) in [6, 6.07) is 9.88. The van der Waals surface area contributed by atoms with Crippen molar-refractivity contribution >= 4 is 5.97 Å². The van der Waals surface area contributed by atoms with E-state index < -0.39 is 11.5 Å². The largest absolute Gasteiger partial charge is 0.480 e. The number of benzene rings is 1. The molecule has 1 saturated heterocycles. The van der Waals surface area contributed by atoms with Crippen LogP contribution >= 0.6 is 0 Å². The molecule has 2 rings (SSSR count). The zero-order valence-corrected chi connectivity index (χ0v) is 12.2. The van der Waals surface area contributed by atoms with Crippen molar-refractivity contribution < 1.29 is 14.6 Å². The summed E-state index contributed by atoms with van der Waals surface area (Å²) < 4.78 is 5.77. The van der Waals surface area contributed by atoms with Crippen molar-refractivity contribution in [2.24, 2.45) is 0 Å². The molecule has 1 heterocycles. The van der Waals surface area contributed by atoms with E-state index in [1.807, 2.05) is 44.2 Å². The van der Waals surface area contributed by atoms with E-state index in [-0.39, 0.29) is 5.60 Å². The first kappa shape index (κ1) is 15.0. The minimum absolute atomic E-state index is 0.361. The molecule has 0 spiro atoms. The average Bonchev–Trinajstić information content (AvgIpc) is 2.46. The lowest BCUT2D eigenvalue weighted by Gasteiger charge is -2.44. The summed E-state index contributed by atoms with van der Waals surface area (Å²) in [6.07, 6.45) is 1.82. The van der Waals surface area contributed by atoms with Crippen molar-refractivity contribution in [1.29, 1.82) is 0 Å². The van der Waals surface area contributed by atoms with Crippen LogP contribution in [0.15, 0.2) is 30.3 Å². The van der Waals surface area contributed by atoms with Crippen molar-refractivity contribution in [3.8, 4) is 0 Å². The number of ether oxygens (including phenoxy) is 1. The Morgan fingerprint density at radius 3 is 2.70 bits per heavy atom. The normalized spacial score (nSPS) is 30.1. The first-order chi connectivity index (χ1) is 9.50. The van der Waals surface area contributed by atoms with Gasteiger partial charge in [-0.2, -0.15) is 0 Å². The fourth-order valence-electron chi connectivity index (χ4n) is 2.75. The molecule has 0 amide bonds. The summed E-state index contributed by atoms with van der Waals surface area (Å²) in [5.74, 6) is -0.781. The van der Waals surface area contributed by atoms with E-state index in [0.29, 0.717) is 26.0 Å². The molecule has 2 atom stereocenters. The van der Waals surface area contributed by atoms with Crippen LogP contribution in [0.1, 0.15) is 38.7 Å². The highest BCUT2D eigenvalue weighted by Crippen LogP contribution is 2.35. The molecule has 4 nitrogen and oxygen atoms in total. The Morgan fingerprint density at radius 2 is 2.10 bits per heavy atom. The van der Waals surface area contributed by atoms with Crippen LogP contribution in [0.2, 0.25) is 0 Å². The molecule has 2 unspecified atom stereocenters. The molecule has 1 aliphatic heterocycles. The highest BCUT2D eigenvalue weighted by atomic mass is 16.5. The quantitative estimate of drug-likeness (QED) is 0.868. The molecular weight excluding hydrogens is 254 g/mol. The number of hydrogen-bond acceptors (Lipinski definition) is 3. The Hall–Kier alpha value is -1.39. The number of aliphatic carboxylic acids is 1. The van der Waals surface area contributed by atoms with Crippen LogP contribution in [0.25, 0.3) is 0 Å². The Balaban J connectivity index is 2.12. The highest BCUT2D eigenvalue weighted by molar-refractivity contribution is 5.79. The van der Waals surface area contributed by atoms with E-state index in [9.17, 15) is 9.90 Å². The van der Waals surface area contributed by atoms with Crippen molar-refractivity contribution in [2.75, 3.05) is 6.61 Å². The van der Waals surface area contributed by atoms with Gasteiger partial charge >= 0.3 is 5.97 Å². The topological polar surface area (TPSA) is 58.6 Å². The van der Waals surface area contributed by atoms with Crippen LogP contribution in [0.5, 0.6) is 0 Å². The van der Waals surface area contributed by atoms with Gasteiger partial charge < -0.3 is 9.84 Å². The zero-order chi connectivity index (χ0) is 14.6. The Morgan fingerprint density at radius 1 is 1.40 bits per heavy atom. The van der Waals surface area contributed by atoms with Crippen molar-refractivity contribution in [2.45, 2.75) is 50.8 Å². The third-order valence-corrected chi connectivity index (χ3v) is 4.29. The second-order valence-electron chi connectivity index (χ2n) is 5.81.